The minimum absolute atomic E-state index is 0.0828. The molecule has 7 heteroatoms. The van der Waals surface area contributed by atoms with Crippen molar-refractivity contribution in [2.24, 2.45) is 0 Å². The molecule has 0 bridgehead atoms. The van der Waals surface area contributed by atoms with Gasteiger partial charge in [0.05, 0.1) is 20.2 Å². The third kappa shape index (κ3) is 6.25. The van der Waals surface area contributed by atoms with Gasteiger partial charge >= 0.3 is 0 Å². The maximum Gasteiger partial charge on any atom is 0.243 e. The van der Waals surface area contributed by atoms with Gasteiger partial charge in [0, 0.05) is 22.8 Å². The van der Waals surface area contributed by atoms with Crippen LogP contribution in [0.25, 0.3) is 0 Å². The van der Waals surface area contributed by atoms with Gasteiger partial charge in [-0.25, -0.2) is 0 Å². The molecule has 28 heavy (non-hydrogen) atoms. The van der Waals surface area contributed by atoms with Crippen LogP contribution in [0.2, 0.25) is 5.02 Å². The first-order valence-electron chi connectivity index (χ1n) is 8.94. The smallest absolute Gasteiger partial charge is 0.243 e. The number of likely N-dealkylation sites (N-methyl/N-ethyl adjacent to an activating group) is 1. The molecule has 2 amide bonds. The lowest BCUT2D eigenvalue weighted by atomic mass is 10.1. The van der Waals surface area contributed by atoms with E-state index in [2.05, 4.69) is 10.6 Å². The first-order chi connectivity index (χ1) is 13.3. The zero-order valence-corrected chi connectivity index (χ0v) is 17.4. The number of carbonyl (C=O) groups is 2. The molecule has 0 fully saturated rings. The van der Waals surface area contributed by atoms with Gasteiger partial charge in [-0.1, -0.05) is 23.7 Å². The van der Waals surface area contributed by atoms with Crippen LogP contribution in [-0.4, -0.2) is 44.0 Å². The Balaban J connectivity index is 1.82. The fourth-order valence-corrected chi connectivity index (χ4v) is 2.97. The maximum atomic E-state index is 12.2. The van der Waals surface area contributed by atoms with Crippen molar-refractivity contribution in [3.05, 3.63) is 58.1 Å². The van der Waals surface area contributed by atoms with Crippen LogP contribution in [0.3, 0.4) is 0 Å². The van der Waals surface area contributed by atoms with Gasteiger partial charge in [-0.2, -0.15) is 0 Å². The number of ether oxygens (including phenoxy) is 1. The lowest BCUT2D eigenvalue weighted by Crippen LogP contribution is -2.39. The second-order valence-corrected chi connectivity index (χ2v) is 7.14. The van der Waals surface area contributed by atoms with Gasteiger partial charge in [0.15, 0.2) is 0 Å². The lowest BCUT2D eigenvalue weighted by Gasteiger charge is -2.18. The largest absolute Gasteiger partial charge is 0.496 e. The molecule has 0 aliphatic carbocycles. The number of anilines is 1. The Morgan fingerprint density at radius 1 is 1.14 bits per heavy atom. The SMILES string of the molecule is COc1ccc(Cl)cc1CN(C)CC(=O)NCC(=O)Nc1cccc(C)c1C. The van der Waals surface area contributed by atoms with Crippen molar-refractivity contribution in [3.8, 4) is 5.75 Å². The molecule has 0 aliphatic rings. The van der Waals surface area contributed by atoms with E-state index in [9.17, 15) is 9.59 Å². The molecule has 2 rings (SSSR count). The van der Waals surface area contributed by atoms with Crippen molar-refractivity contribution >= 4 is 29.1 Å². The number of nitrogens with zero attached hydrogens (tertiary/aromatic N) is 1. The van der Waals surface area contributed by atoms with E-state index in [0.717, 1.165) is 22.4 Å². The number of nitrogens with one attached hydrogen (secondary N) is 2. The van der Waals surface area contributed by atoms with E-state index >= 15 is 0 Å². The minimum Gasteiger partial charge on any atom is -0.496 e. The van der Waals surface area contributed by atoms with Crippen LogP contribution in [0.1, 0.15) is 16.7 Å². The predicted molar refractivity (Wildman–Crippen MR) is 112 cm³/mol. The van der Waals surface area contributed by atoms with Crippen molar-refractivity contribution in [1.29, 1.82) is 0 Å². The van der Waals surface area contributed by atoms with E-state index in [1.54, 1.807) is 19.2 Å². The van der Waals surface area contributed by atoms with E-state index in [1.165, 1.54) is 0 Å². The summed E-state index contributed by atoms with van der Waals surface area (Å²) in [4.78, 5) is 26.1. The standard InChI is InChI=1S/C21H26ClN3O3/c1-14-6-5-7-18(15(14)2)24-20(26)11-23-21(27)13-25(3)12-16-10-17(22)8-9-19(16)28-4/h5-10H,11-13H2,1-4H3,(H,23,27)(H,24,26). The highest BCUT2D eigenvalue weighted by Gasteiger charge is 2.12. The number of aryl methyl sites for hydroxylation is 1. The molecule has 0 atom stereocenters. The minimum atomic E-state index is -0.263. The number of rotatable bonds is 8. The summed E-state index contributed by atoms with van der Waals surface area (Å²) in [6.07, 6.45) is 0. The highest BCUT2D eigenvalue weighted by molar-refractivity contribution is 6.30. The summed E-state index contributed by atoms with van der Waals surface area (Å²) >= 11 is 6.04. The molecule has 0 unspecified atom stereocenters. The van der Waals surface area contributed by atoms with Gasteiger partial charge in [-0.3, -0.25) is 14.5 Å². The Kier molecular flexibility index (Phi) is 7.84. The molecule has 0 saturated carbocycles. The van der Waals surface area contributed by atoms with Gasteiger partial charge < -0.3 is 15.4 Å². The van der Waals surface area contributed by atoms with Crippen LogP contribution in [0.4, 0.5) is 5.69 Å². The fraction of sp³-hybridized carbons (Fsp3) is 0.333. The molecule has 0 heterocycles. The summed E-state index contributed by atoms with van der Waals surface area (Å²) in [5, 5.41) is 6.07. The summed E-state index contributed by atoms with van der Waals surface area (Å²) in [6.45, 7) is 4.49. The number of carbonyl (C=O) groups excluding carboxylic acids is 2. The monoisotopic (exact) mass is 403 g/mol. The molecule has 2 aromatic carbocycles. The van der Waals surface area contributed by atoms with E-state index in [1.807, 2.05) is 50.1 Å². The summed E-state index contributed by atoms with van der Waals surface area (Å²) in [7, 11) is 3.41. The molecule has 0 aliphatic heterocycles. The zero-order chi connectivity index (χ0) is 20.7. The van der Waals surface area contributed by atoms with Gasteiger partial charge in [-0.05, 0) is 56.3 Å². The Bertz CT molecular complexity index is 855. The van der Waals surface area contributed by atoms with Gasteiger partial charge in [0.2, 0.25) is 11.8 Å². The fourth-order valence-electron chi connectivity index (χ4n) is 2.78. The Morgan fingerprint density at radius 2 is 1.89 bits per heavy atom. The van der Waals surface area contributed by atoms with Crippen LogP contribution in [0.15, 0.2) is 36.4 Å². The quantitative estimate of drug-likeness (QED) is 0.710. The summed E-state index contributed by atoms with van der Waals surface area (Å²) in [5.74, 6) is 0.213. The average molecular weight is 404 g/mol. The summed E-state index contributed by atoms with van der Waals surface area (Å²) in [6, 6.07) is 11.1. The summed E-state index contributed by atoms with van der Waals surface area (Å²) in [5.41, 5.74) is 3.75. The molecule has 0 radical (unpaired) electrons. The summed E-state index contributed by atoms with van der Waals surface area (Å²) < 4.78 is 5.32. The first kappa shape index (κ1) is 21.7. The molecular formula is C21H26ClN3O3. The first-order valence-corrected chi connectivity index (χ1v) is 9.31. The number of hydrogen-bond acceptors (Lipinski definition) is 4. The molecule has 0 saturated heterocycles. The topological polar surface area (TPSA) is 70.7 Å². The Labute approximate surface area is 170 Å². The average Bonchev–Trinajstić information content (AvgIpc) is 2.64. The molecule has 0 aromatic heterocycles. The Hall–Kier alpha value is -2.57. The molecule has 6 nitrogen and oxygen atoms in total. The van der Waals surface area contributed by atoms with E-state index in [-0.39, 0.29) is 24.9 Å². The van der Waals surface area contributed by atoms with Crippen LogP contribution in [0.5, 0.6) is 5.75 Å². The van der Waals surface area contributed by atoms with Gasteiger partial charge in [-0.15, -0.1) is 0 Å². The maximum absolute atomic E-state index is 12.2. The highest BCUT2D eigenvalue weighted by Crippen LogP contribution is 2.23. The second-order valence-electron chi connectivity index (χ2n) is 6.70. The third-order valence-electron chi connectivity index (χ3n) is 4.42. The second kappa shape index (κ2) is 10.1. The predicted octanol–water partition coefficient (Wildman–Crippen LogP) is 3.15. The van der Waals surface area contributed by atoms with E-state index < -0.39 is 0 Å². The molecular weight excluding hydrogens is 378 g/mol. The number of hydrogen-bond donors (Lipinski definition) is 2. The number of amides is 2. The molecule has 2 N–H and O–H groups in total. The zero-order valence-electron chi connectivity index (χ0n) is 16.6. The number of methoxy groups -OCH3 is 1. The number of halogens is 1. The van der Waals surface area contributed by atoms with Gasteiger partial charge in [0.1, 0.15) is 5.75 Å². The third-order valence-corrected chi connectivity index (χ3v) is 4.66. The van der Waals surface area contributed by atoms with Gasteiger partial charge in [0.25, 0.3) is 0 Å². The van der Waals surface area contributed by atoms with E-state index in [0.29, 0.717) is 17.3 Å². The van der Waals surface area contributed by atoms with Crippen molar-refractivity contribution in [1.82, 2.24) is 10.2 Å². The van der Waals surface area contributed by atoms with Crippen LogP contribution >= 0.6 is 11.6 Å². The highest BCUT2D eigenvalue weighted by atomic mass is 35.5. The number of benzene rings is 2. The van der Waals surface area contributed by atoms with E-state index in [4.69, 9.17) is 16.3 Å². The van der Waals surface area contributed by atoms with Crippen LogP contribution in [-0.2, 0) is 16.1 Å². The normalized spacial score (nSPS) is 10.6. The van der Waals surface area contributed by atoms with Crippen molar-refractivity contribution in [2.45, 2.75) is 20.4 Å². The molecule has 0 spiro atoms. The van der Waals surface area contributed by atoms with Crippen LogP contribution < -0.4 is 15.4 Å². The molecule has 2 aromatic rings. The van der Waals surface area contributed by atoms with Crippen molar-refractivity contribution in [3.63, 3.8) is 0 Å². The Morgan fingerprint density at radius 3 is 2.61 bits per heavy atom. The van der Waals surface area contributed by atoms with Crippen molar-refractivity contribution < 1.29 is 14.3 Å². The van der Waals surface area contributed by atoms with Crippen molar-refractivity contribution in [2.75, 3.05) is 32.6 Å². The molecule has 150 valence electrons. The lowest BCUT2D eigenvalue weighted by molar-refractivity contribution is -0.124. The van der Waals surface area contributed by atoms with Crippen LogP contribution in [0, 0.1) is 13.8 Å².